The maximum Gasteiger partial charge on any atom is 0.192 e. The molecule has 2 nitrogen and oxygen atoms in total. The smallest absolute Gasteiger partial charge is 0.192 e. The van der Waals surface area contributed by atoms with Crippen molar-refractivity contribution in [3.8, 4) is 0 Å². The molecule has 5 atom stereocenters. The summed E-state index contributed by atoms with van der Waals surface area (Å²) in [6, 6.07) is 3.73. The van der Waals surface area contributed by atoms with E-state index < -0.39 is 8.32 Å². The van der Waals surface area contributed by atoms with Gasteiger partial charge in [0.2, 0.25) is 0 Å². The second-order valence-corrected chi connectivity index (χ2v) is 12.8. The minimum Gasteiger partial charge on any atom is -0.414 e. The Morgan fingerprint density at radius 2 is 1.82 bits per heavy atom. The standard InChI is InChI=1S/C19H36O2Si/c1-6-22(7-2,8-3)21-18-10-9-13-19(5)16(15(4)14-20)11-12-17(18)19/h14-18H,6-13H2,1-5H3/t15-,16?,17?,18?,19?/m0/s1. The van der Waals surface area contributed by atoms with Crippen LogP contribution in [0.25, 0.3) is 0 Å². The molecule has 2 aliphatic rings. The summed E-state index contributed by atoms with van der Waals surface area (Å²) in [6.07, 6.45) is 7.96. The molecule has 0 heterocycles. The van der Waals surface area contributed by atoms with E-state index in [9.17, 15) is 4.79 Å². The monoisotopic (exact) mass is 324 g/mol. The molecule has 0 aromatic rings. The minimum absolute atomic E-state index is 0.208. The van der Waals surface area contributed by atoms with Crippen molar-refractivity contribution in [2.24, 2.45) is 23.2 Å². The van der Waals surface area contributed by atoms with Gasteiger partial charge in [0.1, 0.15) is 6.29 Å². The molecule has 2 rings (SSSR count). The third-order valence-corrected chi connectivity index (χ3v) is 12.0. The molecule has 0 amide bonds. The van der Waals surface area contributed by atoms with Gasteiger partial charge in [-0.3, -0.25) is 0 Å². The highest BCUT2D eigenvalue weighted by atomic mass is 28.4. The molecule has 0 N–H and O–H groups in total. The zero-order valence-corrected chi connectivity index (χ0v) is 16.4. The quantitative estimate of drug-likeness (QED) is 0.461. The van der Waals surface area contributed by atoms with Crippen molar-refractivity contribution in [3.63, 3.8) is 0 Å². The Morgan fingerprint density at radius 1 is 1.18 bits per heavy atom. The van der Waals surface area contributed by atoms with Gasteiger partial charge in [0, 0.05) is 12.0 Å². The van der Waals surface area contributed by atoms with E-state index in [0.717, 1.165) is 0 Å². The van der Waals surface area contributed by atoms with E-state index in [1.165, 1.54) is 56.5 Å². The van der Waals surface area contributed by atoms with Crippen molar-refractivity contribution in [1.29, 1.82) is 0 Å². The number of hydrogen-bond acceptors (Lipinski definition) is 2. The van der Waals surface area contributed by atoms with Crippen LogP contribution in [-0.2, 0) is 9.22 Å². The third kappa shape index (κ3) is 3.08. The summed E-state index contributed by atoms with van der Waals surface area (Å²) < 4.78 is 6.92. The molecule has 22 heavy (non-hydrogen) atoms. The molecule has 0 aromatic carbocycles. The summed E-state index contributed by atoms with van der Waals surface area (Å²) in [5, 5.41) is 0. The highest BCUT2D eigenvalue weighted by Gasteiger charge is 2.53. The Morgan fingerprint density at radius 3 is 2.36 bits per heavy atom. The van der Waals surface area contributed by atoms with Crippen molar-refractivity contribution in [3.05, 3.63) is 0 Å². The molecular weight excluding hydrogens is 288 g/mol. The summed E-state index contributed by atoms with van der Waals surface area (Å²) in [5.41, 5.74) is 0.332. The topological polar surface area (TPSA) is 26.3 Å². The second-order valence-electron chi connectivity index (χ2n) is 8.08. The zero-order chi connectivity index (χ0) is 16.4. The zero-order valence-electron chi connectivity index (χ0n) is 15.4. The average Bonchev–Trinajstić information content (AvgIpc) is 2.90. The summed E-state index contributed by atoms with van der Waals surface area (Å²) in [5.74, 6) is 1.46. The Hall–Kier alpha value is -0.153. The first-order chi connectivity index (χ1) is 10.5. The van der Waals surface area contributed by atoms with Crippen LogP contribution in [0, 0.1) is 23.2 Å². The molecule has 0 spiro atoms. The Balaban J connectivity index is 2.17. The van der Waals surface area contributed by atoms with Crippen LogP contribution in [0.3, 0.4) is 0 Å². The lowest BCUT2D eigenvalue weighted by Gasteiger charge is -2.48. The van der Waals surface area contributed by atoms with Crippen LogP contribution >= 0.6 is 0 Å². The van der Waals surface area contributed by atoms with Crippen LogP contribution in [0.4, 0.5) is 0 Å². The fourth-order valence-corrected chi connectivity index (χ4v) is 8.51. The molecule has 0 aromatic heterocycles. The van der Waals surface area contributed by atoms with E-state index in [1.54, 1.807) is 0 Å². The van der Waals surface area contributed by atoms with Crippen LogP contribution in [0.2, 0.25) is 18.1 Å². The molecule has 4 unspecified atom stereocenters. The SMILES string of the molecule is CC[Si](CC)(CC)OC1CCCC2(C)C1CCC2[C@@H](C)C=O. The Kier molecular flexibility index (Phi) is 5.93. The summed E-state index contributed by atoms with van der Waals surface area (Å²) in [7, 11) is -1.52. The molecule has 2 aliphatic carbocycles. The fourth-order valence-electron chi connectivity index (χ4n) is 5.58. The van der Waals surface area contributed by atoms with Gasteiger partial charge in [-0.1, -0.05) is 41.0 Å². The summed E-state index contributed by atoms with van der Waals surface area (Å²) in [6.45, 7) is 11.6. The van der Waals surface area contributed by atoms with Crippen molar-refractivity contribution in [2.45, 2.75) is 91.0 Å². The molecule has 0 radical (unpaired) electrons. The van der Waals surface area contributed by atoms with Crippen LogP contribution in [0.15, 0.2) is 0 Å². The molecule has 2 saturated carbocycles. The van der Waals surface area contributed by atoms with Gasteiger partial charge in [-0.05, 0) is 61.1 Å². The van der Waals surface area contributed by atoms with Gasteiger partial charge in [-0.15, -0.1) is 0 Å². The van der Waals surface area contributed by atoms with Crippen molar-refractivity contribution in [2.75, 3.05) is 0 Å². The van der Waals surface area contributed by atoms with Gasteiger partial charge >= 0.3 is 0 Å². The maximum atomic E-state index is 11.3. The lowest BCUT2D eigenvalue weighted by atomic mass is 9.62. The highest BCUT2D eigenvalue weighted by molar-refractivity contribution is 6.73. The first kappa shape index (κ1) is 18.2. The molecule has 0 aliphatic heterocycles. The van der Waals surface area contributed by atoms with E-state index in [4.69, 9.17) is 4.43 Å². The van der Waals surface area contributed by atoms with Crippen molar-refractivity contribution in [1.82, 2.24) is 0 Å². The normalized spacial score (nSPS) is 36.9. The van der Waals surface area contributed by atoms with E-state index in [2.05, 4.69) is 34.6 Å². The first-order valence-electron chi connectivity index (χ1n) is 9.59. The fraction of sp³-hybridized carbons (Fsp3) is 0.947. The molecule has 2 fully saturated rings. The van der Waals surface area contributed by atoms with E-state index in [0.29, 0.717) is 23.4 Å². The van der Waals surface area contributed by atoms with Crippen LogP contribution in [0.5, 0.6) is 0 Å². The lowest BCUT2D eigenvalue weighted by Crippen LogP contribution is -2.48. The van der Waals surface area contributed by atoms with Gasteiger partial charge < -0.3 is 9.22 Å². The second kappa shape index (κ2) is 7.17. The highest BCUT2D eigenvalue weighted by Crippen LogP contribution is 2.58. The lowest BCUT2D eigenvalue weighted by molar-refractivity contribution is -0.114. The van der Waals surface area contributed by atoms with Gasteiger partial charge in [0.15, 0.2) is 8.32 Å². The molecule has 128 valence electrons. The minimum atomic E-state index is -1.52. The number of hydrogen-bond donors (Lipinski definition) is 0. The van der Waals surface area contributed by atoms with Gasteiger partial charge in [0.25, 0.3) is 0 Å². The molecular formula is C19H36O2Si. The number of carbonyl (C=O) groups is 1. The van der Waals surface area contributed by atoms with Crippen molar-refractivity contribution >= 4 is 14.6 Å². The Bertz CT molecular complexity index is 371. The molecule has 3 heteroatoms. The third-order valence-electron chi connectivity index (χ3n) is 7.32. The first-order valence-corrected chi connectivity index (χ1v) is 12.1. The van der Waals surface area contributed by atoms with E-state index in [1.807, 2.05) is 0 Å². The predicted octanol–water partition coefficient (Wildman–Crippen LogP) is 5.43. The van der Waals surface area contributed by atoms with Gasteiger partial charge in [-0.25, -0.2) is 0 Å². The van der Waals surface area contributed by atoms with E-state index >= 15 is 0 Å². The van der Waals surface area contributed by atoms with Crippen LogP contribution in [0.1, 0.15) is 66.7 Å². The van der Waals surface area contributed by atoms with Crippen molar-refractivity contribution < 1.29 is 9.22 Å². The number of carbonyl (C=O) groups excluding carboxylic acids is 1. The van der Waals surface area contributed by atoms with Crippen LogP contribution in [-0.4, -0.2) is 20.7 Å². The largest absolute Gasteiger partial charge is 0.414 e. The summed E-state index contributed by atoms with van der Waals surface area (Å²) in [4.78, 5) is 11.3. The molecule has 0 saturated heterocycles. The number of fused-ring (bicyclic) bond motifs is 1. The molecule has 0 bridgehead atoms. The van der Waals surface area contributed by atoms with Gasteiger partial charge in [0.05, 0.1) is 0 Å². The number of rotatable bonds is 7. The number of aldehydes is 1. The predicted molar refractivity (Wildman–Crippen MR) is 95.5 cm³/mol. The average molecular weight is 325 g/mol. The van der Waals surface area contributed by atoms with E-state index in [-0.39, 0.29) is 5.92 Å². The van der Waals surface area contributed by atoms with Crippen LogP contribution < -0.4 is 0 Å². The Labute approximate surface area is 138 Å². The van der Waals surface area contributed by atoms with Gasteiger partial charge in [-0.2, -0.15) is 0 Å². The maximum absolute atomic E-state index is 11.3. The summed E-state index contributed by atoms with van der Waals surface area (Å²) >= 11 is 0.